The topological polar surface area (TPSA) is 47.7 Å². The molecule has 1 unspecified atom stereocenters. The second kappa shape index (κ2) is 4.61. The molecule has 1 fully saturated rings. The molecule has 1 aromatic carbocycles. The lowest BCUT2D eigenvalue weighted by atomic mass is 10.0. The summed E-state index contributed by atoms with van der Waals surface area (Å²) in [4.78, 5) is 2.33. The summed E-state index contributed by atoms with van der Waals surface area (Å²) in [6.07, 6.45) is 2.51. The van der Waals surface area contributed by atoms with E-state index >= 15 is 0 Å². The first kappa shape index (κ1) is 12.1. The fourth-order valence-electron chi connectivity index (χ4n) is 2.45. The maximum atomic E-state index is 6.21. The molecule has 1 heterocycles. The van der Waals surface area contributed by atoms with Gasteiger partial charge in [0.2, 0.25) is 6.79 Å². The molecule has 98 valence electrons. The van der Waals surface area contributed by atoms with Crippen LogP contribution in [0.3, 0.4) is 0 Å². The highest BCUT2D eigenvalue weighted by atomic mass is 35.5. The van der Waals surface area contributed by atoms with E-state index in [1.54, 1.807) is 0 Å². The molecule has 1 aromatic rings. The number of ether oxygens (including phenoxy) is 2. The number of fused-ring (bicyclic) bond motifs is 1. The van der Waals surface area contributed by atoms with Crippen molar-refractivity contribution in [2.75, 3.05) is 20.4 Å². The van der Waals surface area contributed by atoms with Gasteiger partial charge in [-0.25, -0.2) is 0 Å². The Labute approximate surface area is 112 Å². The molecule has 2 N–H and O–H groups in total. The molecular weight excluding hydrogens is 252 g/mol. The largest absolute Gasteiger partial charge is 0.454 e. The van der Waals surface area contributed by atoms with Crippen LogP contribution in [-0.4, -0.2) is 31.3 Å². The summed E-state index contributed by atoms with van der Waals surface area (Å²) >= 11 is 6.21. The predicted octanol–water partition coefficient (Wildman–Crippen LogP) is 2.16. The minimum Gasteiger partial charge on any atom is -0.454 e. The molecule has 0 spiro atoms. The zero-order valence-corrected chi connectivity index (χ0v) is 11.1. The highest BCUT2D eigenvalue weighted by Crippen LogP contribution is 2.42. The summed E-state index contributed by atoms with van der Waals surface area (Å²) in [7, 11) is 2.12. The fraction of sp³-hybridized carbons (Fsp3) is 0.538. The van der Waals surface area contributed by atoms with Gasteiger partial charge in [0.05, 0.1) is 5.02 Å². The van der Waals surface area contributed by atoms with Crippen LogP contribution in [0.1, 0.15) is 24.4 Å². The van der Waals surface area contributed by atoms with Crippen molar-refractivity contribution < 1.29 is 9.47 Å². The van der Waals surface area contributed by atoms with E-state index in [0.29, 0.717) is 23.4 Å². The summed E-state index contributed by atoms with van der Waals surface area (Å²) in [6.45, 7) is 0.813. The molecule has 2 aliphatic rings. The number of hydrogen-bond donors (Lipinski definition) is 1. The van der Waals surface area contributed by atoms with Gasteiger partial charge in [0.1, 0.15) is 0 Å². The minimum atomic E-state index is 0.185. The van der Waals surface area contributed by atoms with Crippen molar-refractivity contribution in [1.82, 2.24) is 4.90 Å². The smallest absolute Gasteiger partial charge is 0.231 e. The van der Waals surface area contributed by atoms with Gasteiger partial charge in [0, 0.05) is 18.6 Å². The van der Waals surface area contributed by atoms with Gasteiger partial charge in [-0.05, 0) is 37.6 Å². The Kier molecular flexibility index (Phi) is 3.09. The van der Waals surface area contributed by atoms with E-state index in [9.17, 15) is 0 Å². The van der Waals surface area contributed by atoms with Crippen molar-refractivity contribution in [3.8, 4) is 11.5 Å². The second-order valence-corrected chi connectivity index (χ2v) is 5.29. The van der Waals surface area contributed by atoms with Gasteiger partial charge in [-0.2, -0.15) is 0 Å². The van der Waals surface area contributed by atoms with Crippen molar-refractivity contribution in [1.29, 1.82) is 0 Å². The molecular formula is C13H17ClN2O2. The van der Waals surface area contributed by atoms with Gasteiger partial charge in [0.25, 0.3) is 0 Å². The molecule has 0 radical (unpaired) electrons. The Morgan fingerprint density at radius 3 is 2.89 bits per heavy atom. The lowest BCUT2D eigenvalue weighted by Crippen LogP contribution is -2.32. The van der Waals surface area contributed by atoms with Crippen LogP contribution in [0.15, 0.2) is 12.1 Å². The van der Waals surface area contributed by atoms with Crippen LogP contribution in [0.5, 0.6) is 11.5 Å². The molecule has 4 nitrogen and oxygen atoms in total. The zero-order valence-electron chi connectivity index (χ0n) is 10.4. The molecule has 0 saturated heterocycles. The van der Waals surface area contributed by atoms with Gasteiger partial charge in [-0.1, -0.05) is 11.6 Å². The highest BCUT2D eigenvalue weighted by molar-refractivity contribution is 6.32. The molecule has 5 heteroatoms. The van der Waals surface area contributed by atoms with Crippen LogP contribution in [0.2, 0.25) is 5.02 Å². The molecule has 0 amide bonds. The number of benzene rings is 1. The van der Waals surface area contributed by atoms with Crippen LogP contribution in [0.4, 0.5) is 0 Å². The summed E-state index contributed by atoms with van der Waals surface area (Å²) < 4.78 is 10.7. The monoisotopic (exact) mass is 268 g/mol. The maximum Gasteiger partial charge on any atom is 0.231 e. The average Bonchev–Trinajstić information content (AvgIpc) is 3.09. The van der Waals surface area contributed by atoms with E-state index in [-0.39, 0.29) is 12.8 Å². The standard InChI is InChI=1S/C13H17ClN2O2/c1-16(9-2-3-9)11(6-15)8-4-10(14)13-12(5-8)17-7-18-13/h4-5,9,11H,2-3,6-7,15H2,1H3. The second-order valence-electron chi connectivity index (χ2n) is 4.88. The Hall–Kier alpha value is -0.970. The zero-order chi connectivity index (χ0) is 12.7. The molecule has 0 aromatic heterocycles. The molecule has 18 heavy (non-hydrogen) atoms. The Morgan fingerprint density at radius 2 is 2.22 bits per heavy atom. The van der Waals surface area contributed by atoms with E-state index in [1.165, 1.54) is 12.8 Å². The Bertz CT molecular complexity index is 463. The van der Waals surface area contributed by atoms with Gasteiger partial charge < -0.3 is 15.2 Å². The first-order chi connectivity index (χ1) is 8.70. The molecule has 1 atom stereocenters. The molecule has 0 bridgehead atoms. The normalized spacial score (nSPS) is 19.3. The van der Waals surface area contributed by atoms with Crippen LogP contribution in [0.25, 0.3) is 0 Å². The SMILES string of the molecule is CN(C1CC1)C(CN)c1cc(Cl)c2c(c1)OCO2. The third-order valence-corrected chi connectivity index (χ3v) is 3.95. The Balaban J connectivity index is 1.92. The van der Waals surface area contributed by atoms with E-state index in [4.69, 9.17) is 26.8 Å². The quantitative estimate of drug-likeness (QED) is 0.909. The predicted molar refractivity (Wildman–Crippen MR) is 70.2 cm³/mol. The molecule has 1 aliphatic carbocycles. The van der Waals surface area contributed by atoms with Gasteiger partial charge in [0.15, 0.2) is 11.5 Å². The Morgan fingerprint density at radius 1 is 1.44 bits per heavy atom. The number of nitrogens with two attached hydrogens (primary N) is 1. The molecule has 1 aliphatic heterocycles. The van der Waals surface area contributed by atoms with Gasteiger partial charge in [-0.15, -0.1) is 0 Å². The van der Waals surface area contributed by atoms with E-state index in [0.717, 1.165) is 11.3 Å². The van der Waals surface area contributed by atoms with E-state index in [2.05, 4.69) is 11.9 Å². The number of likely N-dealkylation sites (N-methyl/N-ethyl adjacent to an activating group) is 1. The number of hydrogen-bond acceptors (Lipinski definition) is 4. The van der Waals surface area contributed by atoms with Crippen LogP contribution >= 0.6 is 11.6 Å². The fourth-order valence-corrected chi connectivity index (χ4v) is 2.73. The van der Waals surface area contributed by atoms with Crippen molar-refractivity contribution in [2.24, 2.45) is 5.73 Å². The van der Waals surface area contributed by atoms with Crippen LogP contribution in [-0.2, 0) is 0 Å². The minimum absolute atomic E-state index is 0.185. The number of halogens is 1. The number of rotatable bonds is 4. The first-order valence-electron chi connectivity index (χ1n) is 6.21. The maximum absolute atomic E-state index is 6.21. The summed E-state index contributed by atoms with van der Waals surface area (Å²) in [6, 6.07) is 4.77. The summed E-state index contributed by atoms with van der Waals surface area (Å²) in [5, 5.41) is 0.600. The molecule has 3 rings (SSSR count). The lowest BCUT2D eigenvalue weighted by molar-refractivity contribution is 0.174. The first-order valence-corrected chi connectivity index (χ1v) is 6.59. The lowest BCUT2D eigenvalue weighted by Gasteiger charge is -2.27. The van der Waals surface area contributed by atoms with Crippen molar-refractivity contribution in [2.45, 2.75) is 24.9 Å². The highest BCUT2D eigenvalue weighted by Gasteiger charge is 2.32. The van der Waals surface area contributed by atoms with Crippen molar-refractivity contribution >= 4 is 11.6 Å². The summed E-state index contributed by atoms with van der Waals surface area (Å²) in [5.41, 5.74) is 7.01. The number of nitrogens with zero attached hydrogens (tertiary/aromatic N) is 1. The van der Waals surface area contributed by atoms with Gasteiger partial charge in [-0.3, -0.25) is 4.90 Å². The summed E-state index contributed by atoms with van der Waals surface area (Å²) in [5.74, 6) is 1.37. The van der Waals surface area contributed by atoms with Crippen LogP contribution in [0, 0.1) is 0 Å². The molecule has 1 saturated carbocycles. The third-order valence-electron chi connectivity index (χ3n) is 3.67. The van der Waals surface area contributed by atoms with Crippen molar-refractivity contribution in [3.63, 3.8) is 0 Å². The average molecular weight is 269 g/mol. The van der Waals surface area contributed by atoms with E-state index < -0.39 is 0 Å². The van der Waals surface area contributed by atoms with E-state index in [1.807, 2.05) is 12.1 Å². The third kappa shape index (κ3) is 2.05. The van der Waals surface area contributed by atoms with Crippen molar-refractivity contribution in [3.05, 3.63) is 22.7 Å². The van der Waals surface area contributed by atoms with Gasteiger partial charge >= 0.3 is 0 Å². The van der Waals surface area contributed by atoms with Crippen LogP contribution < -0.4 is 15.2 Å².